The summed E-state index contributed by atoms with van der Waals surface area (Å²) < 4.78 is 6.69. The summed E-state index contributed by atoms with van der Waals surface area (Å²) in [5.41, 5.74) is 1.59. The van der Waals surface area contributed by atoms with Crippen LogP contribution >= 0.6 is 27.5 Å². The number of nitrogens with zero attached hydrogens (tertiary/aromatic N) is 3. The Labute approximate surface area is 122 Å². The van der Waals surface area contributed by atoms with Gasteiger partial charge in [0, 0.05) is 4.47 Å². The van der Waals surface area contributed by atoms with E-state index in [1.807, 2.05) is 24.3 Å². The highest BCUT2D eigenvalue weighted by Crippen LogP contribution is 2.23. The van der Waals surface area contributed by atoms with Crippen LogP contribution in [0.1, 0.15) is 5.56 Å². The van der Waals surface area contributed by atoms with Crippen LogP contribution in [0.2, 0.25) is 5.28 Å². The number of fused-ring (bicyclic) bond motifs is 1. The molecule has 0 radical (unpaired) electrons. The summed E-state index contributed by atoms with van der Waals surface area (Å²) >= 11 is 9.25. The molecule has 7 heteroatoms. The van der Waals surface area contributed by atoms with Gasteiger partial charge in [0.15, 0.2) is 5.65 Å². The second-order valence-corrected chi connectivity index (χ2v) is 5.10. The number of benzene rings is 1. The number of ether oxygens (including phenoxy) is 1. The van der Waals surface area contributed by atoms with Crippen LogP contribution in [-0.2, 0) is 6.61 Å². The first-order valence-corrected chi connectivity index (χ1v) is 6.63. The van der Waals surface area contributed by atoms with Crippen LogP contribution in [0.3, 0.4) is 0 Å². The molecule has 19 heavy (non-hydrogen) atoms. The molecule has 0 unspecified atom stereocenters. The zero-order valence-corrected chi connectivity index (χ0v) is 11.9. The van der Waals surface area contributed by atoms with E-state index < -0.39 is 0 Å². The van der Waals surface area contributed by atoms with Gasteiger partial charge in [0.2, 0.25) is 11.2 Å². The Hall–Kier alpha value is -1.66. The van der Waals surface area contributed by atoms with Crippen molar-refractivity contribution in [1.82, 2.24) is 20.2 Å². The topological polar surface area (TPSA) is 63.7 Å². The standard InChI is InChI=1S/C12H8BrClN4O/c13-8-3-1-2-7(4-8)6-19-11-9-5-15-18-10(9)16-12(14)17-11/h1-5H,6H2,(H,15,16,17,18). The predicted octanol–water partition coefficient (Wildman–Crippen LogP) is 3.35. The fourth-order valence-electron chi connectivity index (χ4n) is 1.67. The normalized spacial score (nSPS) is 10.8. The van der Waals surface area contributed by atoms with Gasteiger partial charge in [0.25, 0.3) is 0 Å². The van der Waals surface area contributed by atoms with Gasteiger partial charge in [-0.25, -0.2) is 0 Å². The molecule has 0 aliphatic carbocycles. The van der Waals surface area contributed by atoms with E-state index in [2.05, 4.69) is 36.1 Å². The van der Waals surface area contributed by atoms with E-state index in [1.54, 1.807) is 6.20 Å². The van der Waals surface area contributed by atoms with Gasteiger partial charge in [-0.2, -0.15) is 15.1 Å². The van der Waals surface area contributed by atoms with Gasteiger partial charge in [-0.1, -0.05) is 28.1 Å². The summed E-state index contributed by atoms with van der Waals surface area (Å²) in [5, 5.41) is 7.47. The van der Waals surface area contributed by atoms with Crippen LogP contribution < -0.4 is 4.74 Å². The summed E-state index contributed by atoms with van der Waals surface area (Å²) in [6.45, 7) is 0.396. The molecular formula is C12H8BrClN4O. The smallest absolute Gasteiger partial charge is 0.229 e. The number of hydrogen-bond acceptors (Lipinski definition) is 4. The molecule has 0 aliphatic heterocycles. The van der Waals surface area contributed by atoms with Crippen molar-refractivity contribution in [2.45, 2.75) is 6.61 Å². The second kappa shape index (κ2) is 5.14. The van der Waals surface area contributed by atoms with E-state index in [0.29, 0.717) is 23.5 Å². The monoisotopic (exact) mass is 338 g/mol. The molecule has 2 aromatic heterocycles. The molecule has 2 heterocycles. The maximum absolute atomic E-state index is 5.83. The summed E-state index contributed by atoms with van der Waals surface area (Å²) in [6.07, 6.45) is 1.61. The number of aromatic amines is 1. The van der Waals surface area contributed by atoms with E-state index in [-0.39, 0.29) is 5.28 Å². The average molecular weight is 340 g/mol. The van der Waals surface area contributed by atoms with Crippen LogP contribution in [0.4, 0.5) is 0 Å². The first kappa shape index (κ1) is 12.4. The summed E-state index contributed by atoms with van der Waals surface area (Å²) in [7, 11) is 0. The van der Waals surface area contributed by atoms with Crippen LogP contribution in [0, 0.1) is 0 Å². The number of aromatic nitrogens is 4. The third-order valence-corrected chi connectivity index (χ3v) is 3.17. The Kier molecular flexibility index (Phi) is 3.35. The predicted molar refractivity (Wildman–Crippen MR) is 75.2 cm³/mol. The molecule has 0 amide bonds. The van der Waals surface area contributed by atoms with Gasteiger partial charge in [-0.3, -0.25) is 5.10 Å². The largest absolute Gasteiger partial charge is 0.472 e. The molecule has 5 nitrogen and oxygen atoms in total. The van der Waals surface area contributed by atoms with E-state index >= 15 is 0 Å². The van der Waals surface area contributed by atoms with Gasteiger partial charge in [-0.15, -0.1) is 0 Å². The minimum atomic E-state index is 0.126. The van der Waals surface area contributed by atoms with Crippen LogP contribution in [-0.4, -0.2) is 20.2 Å². The van der Waals surface area contributed by atoms with Crippen LogP contribution in [0.5, 0.6) is 5.88 Å². The van der Waals surface area contributed by atoms with E-state index in [1.165, 1.54) is 0 Å². The number of halogens is 2. The zero-order chi connectivity index (χ0) is 13.2. The minimum Gasteiger partial charge on any atom is -0.472 e. The third kappa shape index (κ3) is 2.69. The average Bonchev–Trinajstić information content (AvgIpc) is 2.84. The van der Waals surface area contributed by atoms with Gasteiger partial charge in [-0.05, 0) is 29.3 Å². The van der Waals surface area contributed by atoms with Crippen LogP contribution in [0.15, 0.2) is 34.9 Å². The molecule has 3 rings (SSSR count). The molecule has 0 bridgehead atoms. The molecular weight excluding hydrogens is 332 g/mol. The third-order valence-electron chi connectivity index (χ3n) is 2.51. The van der Waals surface area contributed by atoms with E-state index in [4.69, 9.17) is 16.3 Å². The molecule has 3 aromatic rings. The molecule has 1 aromatic carbocycles. The lowest BCUT2D eigenvalue weighted by Gasteiger charge is -2.06. The summed E-state index contributed by atoms with van der Waals surface area (Å²) in [4.78, 5) is 8.09. The lowest BCUT2D eigenvalue weighted by molar-refractivity contribution is 0.297. The van der Waals surface area contributed by atoms with Crippen molar-refractivity contribution in [2.24, 2.45) is 0 Å². The van der Waals surface area contributed by atoms with E-state index in [0.717, 1.165) is 10.0 Å². The highest BCUT2D eigenvalue weighted by molar-refractivity contribution is 9.10. The minimum absolute atomic E-state index is 0.126. The molecule has 0 aliphatic rings. The van der Waals surface area contributed by atoms with Gasteiger partial charge in [0.1, 0.15) is 12.0 Å². The maximum atomic E-state index is 5.83. The lowest BCUT2D eigenvalue weighted by atomic mass is 10.2. The SMILES string of the molecule is Clc1nc(OCc2cccc(Br)c2)c2cn[nH]c2n1. The highest BCUT2D eigenvalue weighted by atomic mass is 79.9. The molecule has 0 spiro atoms. The van der Waals surface area contributed by atoms with Crippen molar-refractivity contribution in [3.8, 4) is 5.88 Å². The zero-order valence-electron chi connectivity index (χ0n) is 9.60. The number of rotatable bonds is 3. The van der Waals surface area contributed by atoms with Crippen molar-refractivity contribution in [3.05, 3.63) is 45.8 Å². The van der Waals surface area contributed by atoms with Gasteiger partial charge >= 0.3 is 0 Å². The van der Waals surface area contributed by atoms with Crippen molar-refractivity contribution in [2.75, 3.05) is 0 Å². The first-order valence-electron chi connectivity index (χ1n) is 5.46. The quantitative estimate of drug-likeness (QED) is 0.743. The van der Waals surface area contributed by atoms with Crippen LogP contribution in [0.25, 0.3) is 11.0 Å². The lowest BCUT2D eigenvalue weighted by Crippen LogP contribution is -1.99. The molecule has 0 saturated carbocycles. The fourth-order valence-corrected chi connectivity index (χ4v) is 2.28. The van der Waals surface area contributed by atoms with Crippen molar-refractivity contribution >= 4 is 38.6 Å². The first-order chi connectivity index (χ1) is 9.22. The number of H-pyrrole nitrogens is 1. The second-order valence-electron chi connectivity index (χ2n) is 3.85. The Bertz CT molecular complexity index is 731. The van der Waals surface area contributed by atoms with Gasteiger partial charge < -0.3 is 4.74 Å². The molecule has 0 atom stereocenters. The molecule has 1 N–H and O–H groups in total. The van der Waals surface area contributed by atoms with Gasteiger partial charge in [0.05, 0.1) is 6.20 Å². The molecule has 96 valence electrons. The molecule has 0 fully saturated rings. The highest BCUT2D eigenvalue weighted by Gasteiger charge is 2.09. The van der Waals surface area contributed by atoms with Crippen molar-refractivity contribution in [1.29, 1.82) is 0 Å². The number of hydrogen-bond donors (Lipinski definition) is 1. The fraction of sp³-hybridized carbons (Fsp3) is 0.0833. The Morgan fingerprint density at radius 3 is 3.05 bits per heavy atom. The maximum Gasteiger partial charge on any atom is 0.229 e. The molecule has 0 saturated heterocycles. The number of nitrogens with one attached hydrogen (secondary N) is 1. The Balaban J connectivity index is 1.87. The van der Waals surface area contributed by atoms with Crippen molar-refractivity contribution < 1.29 is 4.74 Å². The summed E-state index contributed by atoms with van der Waals surface area (Å²) in [6, 6.07) is 7.86. The Morgan fingerprint density at radius 2 is 2.21 bits per heavy atom. The van der Waals surface area contributed by atoms with E-state index in [9.17, 15) is 0 Å². The van der Waals surface area contributed by atoms with Crippen molar-refractivity contribution in [3.63, 3.8) is 0 Å². The Morgan fingerprint density at radius 1 is 1.32 bits per heavy atom. The summed E-state index contributed by atoms with van der Waals surface area (Å²) in [5.74, 6) is 0.420.